The molecule has 0 saturated heterocycles. The lowest BCUT2D eigenvalue weighted by Gasteiger charge is -2.32. The van der Waals surface area contributed by atoms with Crippen LogP contribution in [0, 0.1) is 12.7 Å². The Morgan fingerprint density at radius 3 is 2.17 bits per heavy atom. The van der Waals surface area contributed by atoms with Gasteiger partial charge in [0, 0.05) is 12.6 Å². The highest BCUT2D eigenvalue weighted by molar-refractivity contribution is 7.92. The summed E-state index contributed by atoms with van der Waals surface area (Å²) >= 11 is 0. The maximum absolute atomic E-state index is 13.9. The molecule has 0 heterocycles. The number of halogens is 1. The smallest absolute Gasteiger partial charge is 0.264 e. The Morgan fingerprint density at radius 1 is 0.975 bits per heavy atom. The predicted octanol–water partition coefficient (Wildman–Crippen LogP) is 4.67. The lowest BCUT2D eigenvalue weighted by molar-refractivity contribution is -0.139. The van der Waals surface area contributed by atoms with E-state index in [4.69, 9.17) is 4.74 Å². The average Bonchev–Trinajstić information content (AvgIpc) is 2.95. The molecule has 2 amide bonds. The summed E-state index contributed by atoms with van der Waals surface area (Å²) in [5.74, 6) is -1.01. The van der Waals surface area contributed by atoms with Crippen molar-refractivity contribution in [1.29, 1.82) is 0 Å². The van der Waals surface area contributed by atoms with Crippen LogP contribution in [0.1, 0.15) is 38.3 Å². The topological polar surface area (TPSA) is 96.0 Å². The number of carbonyl (C=O) groups is 2. The van der Waals surface area contributed by atoms with Gasteiger partial charge in [-0.05, 0) is 86.8 Å². The number of sulfonamides is 1. The lowest BCUT2D eigenvalue weighted by Crippen LogP contribution is -2.52. The van der Waals surface area contributed by atoms with Crippen molar-refractivity contribution in [2.75, 3.05) is 18.0 Å². The minimum atomic E-state index is -4.26. The Labute approximate surface area is 235 Å². The fourth-order valence-electron chi connectivity index (χ4n) is 4.03. The monoisotopic (exact) mass is 569 g/mol. The summed E-state index contributed by atoms with van der Waals surface area (Å²) in [4.78, 5) is 28.4. The van der Waals surface area contributed by atoms with Crippen molar-refractivity contribution in [3.63, 3.8) is 0 Å². The van der Waals surface area contributed by atoms with E-state index in [-0.39, 0.29) is 29.1 Å². The van der Waals surface area contributed by atoms with E-state index in [1.807, 2.05) is 45.0 Å². The number of anilines is 1. The Balaban J connectivity index is 2.03. The van der Waals surface area contributed by atoms with E-state index in [9.17, 15) is 22.4 Å². The quantitative estimate of drug-likeness (QED) is 0.342. The Hall–Kier alpha value is -3.92. The molecule has 0 aliphatic carbocycles. The number of rotatable bonds is 12. The normalized spacial score (nSPS) is 12.8. The summed E-state index contributed by atoms with van der Waals surface area (Å²) in [7, 11) is -2.80. The van der Waals surface area contributed by atoms with Gasteiger partial charge in [0.25, 0.3) is 10.0 Å². The molecule has 0 radical (unpaired) electrons. The second-order valence-corrected chi connectivity index (χ2v) is 11.5. The molecule has 40 heavy (non-hydrogen) atoms. The van der Waals surface area contributed by atoms with Crippen LogP contribution in [-0.2, 0) is 26.2 Å². The molecule has 0 bridgehead atoms. The SMILES string of the molecule is CC[C@H](C)NC(=O)[C@H](C)N(Cc1ccccc1C)C(=O)CN(c1ccc(F)cc1)S(=O)(=O)c1ccc(OC)cc1. The molecule has 0 aliphatic heterocycles. The fraction of sp³-hybridized carbons (Fsp3) is 0.333. The summed E-state index contributed by atoms with van der Waals surface area (Å²) in [6, 6.07) is 17.1. The van der Waals surface area contributed by atoms with Gasteiger partial charge in [0.2, 0.25) is 11.8 Å². The van der Waals surface area contributed by atoms with Crippen molar-refractivity contribution in [2.45, 2.75) is 57.6 Å². The van der Waals surface area contributed by atoms with Gasteiger partial charge in [-0.3, -0.25) is 13.9 Å². The van der Waals surface area contributed by atoms with Crippen LogP contribution < -0.4 is 14.4 Å². The molecule has 0 unspecified atom stereocenters. The van der Waals surface area contributed by atoms with Crippen LogP contribution in [0.4, 0.5) is 10.1 Å². The number of hydrogen-bond acceptors (Lipinski definition) is 5. The number of carbonyl (C=O) groups excluding carboxylic acids is 2. The number of methoxy groups -OCH3 is 1. The van der Waals surface area contributed by atoms with E-state index in [0.29, 0.717) is 12.2 Å². The van der Waals surface area contributed by atoms with Crippen molar-refractivity contribution >= 4 is 27.5 Å². The van der Waals surface area contributed by atoms with Gasteiger partial charge in [-0.2, -0.15) is 0 Å². The van der Waals surface area contributed by atoms with Gasteiger partial charge < -0.3 is 15.0 Å². The van der Waals surface area contributed by atoms with Gasteiger partial charge in [-0.15, -0.1) is 0 Å². The molecule has 0 spiro atoms. The Kier molecular flexibility index (Phi) is 10.3. The third-order valence-corrected chi connectivity index (χ3v) is 8.60. The van der Waals surface area contributed by atoms with Crippen molar-refractivity contribution < 1.29 is 27.1 Å². The zero-order chi connectivity index (χ0) is 29.4. The largest absolute Gasteiger partial charge is 0.497 e. The minimum absolute atomic E-state index is 0.0709. The van der Waals surface area contributed by atoms with Crippen LogP contribution >= 0.6 is 0 Å². The molecule has 10 heteroatoms. The van der Waals surface area contributed by atoms with Crippen LogP contribution in [0.15, 0.2) is 77.7 Å². The van der Waals surface area contributed by atoms with Crippen LogP contribution in [0.5, 0.6) is 5.75 Å². The molecule has 3 aromatic rings. The number of benzene rings is 3. The van der Waals surface area contributed by atoms with E-state index < -0.39 is 34.3 Å². The first-order chi connectivity index (χ1) is 19.0. The molecule has 0 aliphatic rings. The standard InChI is InChI=1S/C30H36FN3O5S/c1-6-22(3)32-30(36)23(4)33(19-24-10-8-7-9-21(24)2)29(35)20-34(26-13-11-25(31)12-14-26)40(37,38)28-17-15-27(39-5)16-18-28/h7-18,22-23H,6,19-20H2,1-5H3,(H,32,36)/t22-,23-/m0/s1. The summed E-state index contributed by atoms with van der Waals surface area (Å²) in [5.41, 5.74) is 1.86. The van der Waals surface area contributed by atoms with Crippen molar-refractivity contribution in [3.8, 4) is 5.75 Å². The van der Waals surface area contributed by atoms with Crippen molar-refractivity contribution in [3.05, 3.63) is 89.7 Å². The average molecular weight is 570 g/mol. The molecule has 3 aromatic carbocycles. The molecular formula is C30H36FN3O5S. The van der Waals surface area contributed by atoms with Gasteiger partial charge in [-0.25, -0.2) is 12.8 Å². The predicted molar refractivity (Wildman–Crippen MR) is 153 cm³/mol. The molecular weight excluding hydrogens is 533 g/mol. The highest BCUT2D eigenvalue weighted by atomic mass is 32.2. The second-order valence-electron chi connectivity index (χ2n) is 9.61. The summed E-state index contributed by atoms with van der Waals surface area (Å²) in [5, 5.41) is 2.90. The molecule has 1 N–H and O–H groups in total. The number of hydrogen-bond donors (Lipinski definition) is 1. The Bertz CT molecular complexity index is 1410. The maximum atomic E-state index is 13.9. The van der Waals surface area contributed by atoms with Crippen LogP contribution in [-0.4, -0.2) is 50.9 Å². The van der Waals surface area contributed by atoms with Gasteiger partial charge in [0.15, 0.2) is 0 Å². The number of aryl methyl sites for hydroxylation is 1. The highest BCUT2D eigenvalue weighted by Crippen LogP contribution is 2.26. The summed E-state index contributed by atoms with van der Waals surface area (Å²) in [6.07, 6.45) is 0.711. The first-order valence-corrected chi connectivity index (χ1v) is 14.5. The summed E-state index contributed by atoms with van der Waals surface area (Å²) in [6.45, 7) is 6.83. The zero-order valence-electron chi connectivity index (χ0n) is 23.4. The molecule has 0 aromatic heterocycles. The second kappa shape index (κ2) is 13.4. The summed E-state index contributed by atoms with van der Waals surface area (Å²) < 4.78 is 47.5. The number of nitrogens with zero attached hydrogens (tertiary/aromatic N) is 2. The van der Waals surface area contributed by atoms with Crippen molar-refractivity contribution in [2.24, 2.45) is 0 Å². The van der Waals surface area contributed by atoms with Crippen LogP contribution in [0.2, 0.25) is 0 Å². The zero-order valence-corrected chi connectivity index (χ0v) is 24.2. The van der Waals surface area contributed by atoms with Gasteiger partial charge in [-0.1, -0.05) is 31.2 Å². The molecule has 0 fully saturated rings. The third-order valence-electron chi connectivity index (χ3n) is 6.81. The Morgan fingerprint density at radius 2 is 1.60 bits per heavy atom. The molecule has 2 atom stereocenters. The van der Waals surface area contributed by atoms with E-state index >= 15 is 0 Å². The van der Waals surface area contributed by atoms with E-state index in [1.165, 1.54) is 48.4 Å². The molecule has 214 valence electrons. The van der Waals surface area contributed by atoms with Crippen LogP contribution in [0.3, 0.4) is 0 Å². The third kappa shape index (κ3) is 7.38. The molecule has 0 saturated carbocycles. The van der Waals surface area contributed by atoms with Gasteiger partial charge >= 0.3 is 0 Å². The first-order valence-electron chi connectivity index (χ1n) is 13.0. The number of nitrogens with one attached hydrogen (secondary N) is 1. The van der Waals surface area contributed by atoms with Crippen molar-refractivity contribution in [1.82, 2.24) is 10.2 Å². The lowest BCUT2D eigenvalue weighted by atomic mass is 10.1. The van der Waals surface area contributed by atoms with Gasteiger partial charge in [0.05, 0.1) is 17.7 Å². The fourth-order valence-corrected chi connectivity index (χ4v) is 5.44. The molecule has 8 nitrogen and oxygen atoms in total. The van der Waals surface area contributed by atoms with Crippen LogP contribution in [0.25, 0.3) is 0 Å². The minimum Gasteiger partial charge on any atom is -0.497 e. The highest BCUT2D eigenvalue weighted by Gasteiger charge is 2.33. The maximum Gasteiger partial charge on any atom is 0.264 e. The molecule has 3 rings (SSSR count). The number of amides is 2. The van der Waals surface area contributed by atoms with E-state index in [1.54, 1.807) is 6.92 Å². The van der Waals surface area contributed by atoms with E-state index in [0.717, 1.165) is 27.6 Å². The van der Waals surface area contributed by atoms with Gasteiger partial charge in [0.1, 0.15) is 24.2 Å². The number of ether oxygens (including phenoxy) is 1. The van der Waals surface area contributed by atoms with E-state index in [2.05, 4.69) is 5.32 Å². The first kappa shape index (κ1) is 30.6.